The number of rotatable bonds is 3. The molecular weight excluding hydrogens is 364 g/mol. The molecule has 148 valence electrons. The minimum Gasteiger partial charge on any atom is -0.493 e. The highest BCUT2D eigenvalue weighted by Crippen LogP contribution is 2.57. The Bertz CT molecular complexity index is 1260. The van der Waals surface area contributed by atoms with E-state index in [2.05, 4.69) is 46.7 Å². The predicted molar refractivity (Wildman–Crippen MR) is 110 cm³/mol. The van der Waals surface area contributed by atoms with Crippen LogP contribution < -0.4 is 4.74 Å². The summed E-state index contributed by atoms with van der Waals surface area (Å²) in [5.74, 6) is 2.88. The molecule has 2 fully saturated rings. The van der Waals surface area contributed by atoms with Crippen molar-refractivity contribution < 1.29 is 4.74 Å². The van der Waals surface area contributed by atoms with Crippen molar-refractivity contribution in [1.82, 2.24) is 28.9 Å². The minimum absolute atomic E-state index is 0.588. The van der Waals surface area contributed by atoms with E-state index >= 15 is 0 Å². The molecule has 4 aromatic heterocycles. The number of pyridine rings is 1. The van der Waals surface area contributed by atoms with Gasteiger partial charge < -0.3 is 14.0 Å². The van der Waals surface area contributed by atoms with Crippen LogP contribution in [0.4, 0.5) is 0 Å². The third kappa shape index (κ3) is 2.50. The topological polar surface area (TPSA) is 60.0 Å². The van der Waals surface area contributed by atoms with Gasteiger partial charge in [-0.25, -0.2) is 14.5 Å². The molecule has 0 bridgehead atoms. The first-order valence-electron chi connectivity index (χ1n) is 10.1. The Morgan fingerprint density at radius 3 is 2.55 bits per heavy atom. The van der Waals surface area contributed by atoms with Crippen molar-refractivity contribution in [3.05, 3.63) is 47.7 Å². The van der Waals surface area contributed by atoms with Crippen LogP contribution in [0.15, 0.2) is 30.7 Å². The molecule has 1 aliphatic heterocycles. The van der Waals surface area contributed by atoms with Crippen molar-refractivity contribution in [3.63, 3.8) is 0 Å². The summed E-state index contributed by atoms with van der Waals surface area (Å²) in [6, 6.07) is 4.12. The molecule has 5 heterocycles. The van der Waals surface area contributed by atoms with Gasteiger partial charge in [0.15, 0.2) is 17.0 Å². The lowest BCUT2D eigenvalue weighted by Crippen LogP contribution is -2.18. The van der Waals surface area contributed by atoms with Crippen molar-refractivity contribution in [2.24, 2.45) is 11.8 Å². The van der Waals surface area contributed by atoms with E-state index in [0.717, 1.165) is 51.4 Å². The lowest BCUT2D eigenvalue weighted by Gasteiger charge is -2.11. The van der Waals surface area contributed by atoms with Gasteiger partial charge in [-0.1, -0.05) is 0 Å². The van der Waals surface area contributed by atoms with Crippen LogP contribution in [-0.4, -0.2) is 56.1 Å². The molecule has 1 saturated carbocycles. The Hall–Kier alpha value is -2.93. The number of aromatic nitrogens is 5. The maximum atomic E-state index is 5.70. The average molecular weight is 388 g/mol. The first-order valence-corrected chi connectivity index (χ1v) is 10.1. The van der Waals surface area contributed by atoms with Crippen LogP contribution in [0.3, 0.4) is 0 Å². The molecule has 6 rings (SSSR count). The number of piperidine rings is 1. The smallest absolute Gasteiger partial charge is 0.179 e. The maximum absolute atomic E-state index is 5.70. The summed E-state index contributed by atoms with van der Waals surface area (Å²) in [7, 11) is 3.91. The zero-order chi connectivity index (χ0) is 19.9. The lowest BCUT2D eigenvalue weighted by atomic mass is 10.1. The van der Waals surface area contributed by atoms with E-state index in [9.17, 15) is 0 Å². The number of nitrogens with zero attached hydrogens (tertiary/aromatic N) is 6. The highest BCUT2D eigenvalue weighted by molar-refractivity contribution is 5.69. The van der Waals surface area contributed by atoms with Gasteiger partial charge in [-0.05, 0) is 50.4 Å². The lowest BCUT2D eigenvalue weighted by molar-refractivity contribution is 0.362. The first kappa shape index (κ1) is 17.0. The number of hydrogen-bond acceptors (Lipinski definition) is 5. The number of imidazole rings is 2. The van der Waals surface area contributed by atoms with E-state index in [4.69, 9.17) is 14.8 Å². The van der Waals surface area contributed by atoms with Crippen LogP contribution in [0.2, 0.25) is 0 Å². The molecule has 0 aromatic carbocycles. The second kappa shape index (κ2) is 5.79. The molecule has 2 atom stereocenters. The summed E-state index contributed by atoms with van der Waals surface area (Å²) in [5, 5.41) is 4.78. The summed E-state index contributed by atoms with van der Waals surface area (Å²) < 4.78 is 9.66. The van der Waals surface area contributed by atoms with Gasteiger partial charge in [0.25, 0.3) is 0 Å². The van der Waals surface area contributed by atoms with Crippen LogP contribution in [-0.2, 0) is 0 Å². The predicted octanol–water partition coefficient (Wildman–Crippen LogP) is 2.94. The van der Waals surface area contributed by atoms with E-state index in [1.807, 2.05) is 23.7 Å². The fraction of sp³-hybridized carbons (Fsp3) is 0.409. The van der Waals surface area contributed by atoms with Crippen LogP contribution in [0.1, 0.15) is 22.9 Å². The van der Waals surface area contributed by atoms with Crippen molar-refractivity contribution in [2.45, 2.75) is 19.8 Å². The van der Waals surface area contributed by atoms with E-state index in [0.29, 0.717) is 5.92 Å². The molecule has 2 aliphatic rings. The fourth-order valence-corrected chi connectivity index (χ4v) is 5.10. The van der Waals surface area contributed by atoms with Crippen molar-refractivity contribution in [2.75, 3.05) is 27.2 Å². The molecular formula is C22H24N6O. The van der Waals surface area contributed by atoms with Gasteiger partial charge in [0.2, 0.25) is 0 Å². The van der Waals surface area contributed by atoms with Crippen molar-refractivity contribution in [1.29, 1.82) is 0 Å². The standard InChI is InChI=1S/C22H24N6O/c1-12-5-17(25-28-7-13(2)23-21(12)28)14-6-19(29-4)22-24-18(11-27(22)8-14)20-15-9-26(3)10-16(15)20/h5-8,11,15-16,20H,9-10H2,1-4H3. The highest BCUT2D eigenvalue weighted by atomic mass is 16.5. The SMILES string of the molecule is COc1cc(-c2cc(C)c3nc(C)cn3n2)cn2cc(C3C4CN(C)CC43)nc12. The molecule has 0 amide bonds. The van der Waals surface area contributed by atoms with Crippen LogP contribution >= 0.6 is 0 Å². The molecule has 7 nitrogen and oxygen atoms in total. The Balaban J connectivity index is 1.45. The van der Waals surface area contributed by atoms with Crippen LogP contribution in [0.5, 0.6) is 5.75 Å². The molecule has 0 N–H and O–H groups in total. The second-order valence-corrected chi connectivity index (χ2v) is 8.63. The van der Waals surface area contributed by atoms with E-state index in [1.165, 1.54) is 18.8 Å². The van der Waals surface area contributed by atoms with Crippen molar-refractivity contribution in [3.8, 4) is 17.0 Å². The molecule has 4 aromatic rings. The van der Waals surface area contributed by atoms with Crippen LogP contribution in [0.25, 0.3) is 22.6 Å². The quantitative estimate of drug-likeness (QED) is 0.540. The Morgan fingerprint density at radius 1 is 1.00 bits per heavy atom. The highest BCUT2D eigenvalue weighted by Gasteiger charge is 2.56. The largest absolute Gasteiger partial charge is 0.493 e. The monoisotopic (exact) mass is 388 g/mol. The molecule has 0 spiro atoms. The fourth-order valence-electron chi connectivity index (χ4n) is 5.10. The first-order chi connectivity index (χ1) is 14.0. The summed E-state index contributed by atoms with van der Waals surface area (Å²) in [4.78, 5) is 11.9. The van der Waals surface area contributed by atoms with Gasteiger partial charge in [0.1, 0.15) is 0 Å². The Morgan fingerprint density at radius 2 is 1.79 bits per heavy atom. The van der Waals surface area contributed by atoms with Gasteiger partial charge >= 0.3 is 0 Å². The molecule has 0 radical (unpaired) electrons. The third-order valence-corrected chi connectivity index (χ3v) is 6.50. The van der Waals surface area contributed by atoms with E-state index in [-0.39, 0.29) is 0 Å². The van der Waals surface area contributed by atoms with E-state index < -0.39 is 0 Å². The second-order valence-electron chi connectivity index (χ2n) is 8.63. The van der Waals surface area contributed by atoms with Gasteiger partial charge in [-0.3, -0.25) is 0 Å². The Labute approximate surface area is 168 Å². The number of hydrogen-bond donors (Lipinski definition) is 0. The minimum atomic E-state index is 0.588. The third-order valence-electron chi connectivity index (χ3n) is 6.50. The van der Waals surface area contributed by atoms with Gasteiger partial charge in [-0.15, -0.1) is 0 Å². The Kier molecular flexibility index (Phi) is 3.39. The van der Waals surface area contributed by atoms with E-state index in [1.54, 1.807) is 7.11 Å². The molecule has 29 heavy (non-hydrogen) atoms. The summed E-state index contributed by atoms with van der Waals surface area (Å²) in [5.41, 5.74) is 6.93. The number of likely N-dealkylation sites (tertiary alicyclic amines) is 1. The van der Waals surface area contributed by atoms with Gasteiger partial charge in [0, 0.05) is 37.0 Å². The number of aryl methyl sites for hydroxylation is 2. The van der Waals surface area contributed by atoms with Gasteiger partial charge in [-0.2, -0.15) is 5.10 Å². The number of methoxy groups -OCH3 is 1. The molecule has 1 saturated heterocycles. The number of ether oxygens (including phenoxy) is 1. The normalized spacial score (nSPS) is 23.8. The summed E-state index contributed by atoms with van der Waals surface area (Å²) >= 11 is 0. The van der Waals surface area contributed by atoms with Crippen LogP contribution in [0, 0.1) is 25.7 Å². The summed E-state index contributed by atoms with van der Waals surface area (Å²) in [6.45, 7) is 6.42. The molecule has 7 heteroatoms. The zero-order valence-electron chi connectivity index (χ0n) is 17.1. The maximum Gasteiger partial charge on any atom is 0.179 e. The summed E-state index contributed by atoms with van der Waals surface area (Å²) in [6.07, 6.45) is 6.24. The zero-order valence-corrected chi connectivity index (χ0v) is 17.1. The molecule has 2 unspecified atom stereocenters. The van der Waals surface area contributed by atoms with Crippen molar-refractivity contribution >= 4 is 11.3 Å². The molecule has 1 aliphatic carbocycles. The average Bonchev–Trinajstić information content (AvgIpc) is 3.07. The van der Waals surface area contributed by atoms with Gasteiger partial charge in [0.05, 0.1) is 30.4 Å². The number of fused-ring (bicyclic) bond motifs is 3.